The van der Waals surface area contributed by atoms with Gasteiger partial charge in [0, 0.05) is 21.9 Å². The van der Waals surface area contributed by atoms with Crippen molar-refractivity contribution in [2.24, 2.45) is 0 Å². The van der Waals surface area contributed by atoms with Gasteiger partial charge in [0.2, 0.25) is 11.7 Å². The van der Waals surface area contributed by atoms with Crippen LogP contribution in [0.25, 0.3) is 11.4 Å². The van der Waals surface area contributed by atoms with Crippen molar-refractivity contribution in [3.63, 3.8) is 0 Å². The molecule has 2 heterocycles. The van der Waals surface area contributed by atoms with Crippen LogP contribution in [-0.4, -0.2) is 15.9 Å². The van der Waals surface area contributed by atoms with Gasteiger partial charge in [-0.3, -0.25) is 0 Å². The summed E-state index contributed by atoms with van der Waals surface area (Å²) in [4.78, 5) is 5.86. The van der Waals surface area contributed by atoms with E-state index in [9.17, 15) is 0 Å². The molecule has 0 bridgehead atoms. The first-order valence-electron chi connectivity index (χ1n) is 6.72. The Labute approximate surface area is 126 Å². The van der Waals surface area contributed by atoms with Crippen LogP contribution in [0.15, 0.2) is 57.9 Å². The molecule has 0 fully saturated rings. The fourth-order valence-corrected chi connectivity index (χ4v) is 3.71. The summed E-state index contributed by atoms with van der Waals surface area (Å²) in [6, 6.07) is 15.9. The molecule has 1 atom stereocenters. The van der Waals surface area contributed by atoms with Gasteiger partial charge in [0.25, 0.3) is 0 Å². The molecule has 4 nitrogen and oxygen atoms in total. The molecule has 4 rings (SSSR count). The van der Waals surface area contributed by atoms with E-state index in [1.54, 1.807) is 0 Å². The van der Waals surface area contributed by atoms with Gasteiger partial charge in [-0.15, -0.1) is 11.8 Å². The molecule has 104 valence electrons. The Morgan fingerprint density at radius 1 is 1.10 bits per heavy atom. The highest BCUT2D eigenvalue weighted by molar-refractivity contribution is 7.99. The van der Waals surface area contributed by atoms with E-state index in [0.29, 0.717) is 11.7 Å². The predicted octanol–water partition coefficient (Wildman–Crippen LogP) is 3.56. The number of aromatic nitrogens is 2. The Bertz CT molecular complexity index is 782. The van der Waals surface area contributed by atoms with Crippen LogP contribution in [0.3, 0.4) is 0 Å². The summed E-state index contributed by atoms with van der Waals surface area (Å²) < 4.78 is 5.48. The van der Waals surface area contributed by atoms with Crippen LogP contribution in [0.5, 0.6) is 0 Å². The Morgan fingerprint density at radius 2 is 1.90 bits per heavy atom. The van der Waals surface area contributed by atoms with Crippen LogP contribution in [0, 0.1) is 0 Å². The fraction of sp³-hybridized carbons (Fsp3) is 0.125. The Balaban J connectivity index is 1.68. The van der Waals surface area contributed by atoms with Crippen molar-refractivity contribution in [3.05, 3.63) is 60.0 Å². The third-order valence-electron chi connectivity index (χ3n) is 3.61. The van der Waals surface area contributed by atoms with Gasteiger partial charge in [-0.25, -0.2) is 0 Å². The zero-order valence-corrected chi connectivity index (χ0v) is 12.0. The van der Waals surface area contributed by atoms with Crippen molar-refractivity contribution >= 4 is 17.4 Å². The standard InChI is InChI=1S/C16H13N3OS/c17-11-7-5-10(6-8-11)15-18-16(20-19-15)13-9-21-14-4-2-1-3-12(13)14/h1-8,13H,9,17H2. The first-order valence-corrected chi connectivity index (χ1v) is 7.71. The number of nitrogens with zero attached hydrogens (tertiary/aromatic N) is 2. The van der Waals surface area contributed by atoms with E-state index < -0.39 is 0 Å². The van der Waals surface area contributed by atoms with Crippen molar-refractivity contribution in [1.82, 2.24) is 10.1 Å². The van der Waals surface area contributed by atoms with Crippen molar-refractivity contribution in [2.75, 3.05) is 11.5 Å². The molecule has 3 aromatic rings. The molecule has 0 spiro atoms. The normalized spacial score (nSPS) is 16.9. The summed E-state index contributed by atoms with van der Waals surface area (Å²) >= 11 is 1.83. The largest absolute Gasteiger partial charge is 0.399 e. The maximum atomic E-state index is 5.70. The lowest BCUT2D eigenvalue weighted by Gasteiger charge is -2.03. The molecule has 0 amide bonds. The summed E-state index contributed by atoms with van der Waals surface area (Å²) in [5, 5.41) is 4.10. The summed E-state index contributed by atoms with van der Waals surface area (Å²) in [5.41, 5.74) is 8.61. The molecule has 5 heteroatoms. The van der Waals surface area contributed by atoms with Gasteiger partial charge >= 0.3 is 0 Å². The third-order valence-corrected chi connectivity index (χ3v) is 4.79. The number of anilines is 1. The molecule has 0 saturated carbocycles. The summed E-state index contributed by atoms with van der Waals surface area (Å²) in [6.45, 7) is 0. The van der Waals surface area contributed by atoms with Crippen LogP contribution >= 0.6 is 11.8 Å². The molecule has 21 heavy (non-hydrogen) atoms. The highest BCUT2D eigenvalue weighted by atomic mass is 32.2. The molecular formula is C16H13N3OS. The summed E-state index contributed by atoms with van der Waals surface area (Å²) in [5.74, 6) is 2.42. The van der Waals surface area contributed by atoms with Crippen molar-refractivity contribution in [2.45, 2.75) is 10.8 Å². The zero-order chi connectivity index (χ0) is 14.2. The van der Waals surface area contributed by atoms with Gasteiger partial charge in [0.1, 0.15) is 0 Å². The summed E-state index contributed by atoms with van der Waals surface area (Å²) in [6.07, 6.45) is 0. The molecule has 1 aliphatic rings. The molecule has 2 N–H and O–H groups in total. The Hall–Kier alpha value is -2.27. The minimum Gasteiger partial charge on any atom is -0.399 e. The number of nitrogens with two attached hydrogens (primary N) is 1. The second-order valence-corrected chi connectivity index (χ2v) is 6.04. The van der Waals surface area contributed by atoms with Crippen LogP contribution in [0.1, 0.15) is 17.4 Å². The topological polar surface area (TPSA) is 64.9 Å². The molecule has 0 aliphatic carbocycles. The maximum Gasteiger partial charge on any atom is 0.235 e. The molecule has 0 saturated heterocycles. The number of thioether (sulfide) groups is 1. The van der Waals surface area contributed by atoms with Crippen LogP contribution < -0.4 is 5.73 Å². The number of fused-ring (bicyclic) bond motifs is 1. The predicted molar refractivity (Wildman–Crippen MR) is 83.2 cm³/mol. The maximum absolute atomic E-state index is 5.70. The van der Waals surface area contributed by atoms with Gasteiger partial charge in [0.05, 0.1) is 5.92 Å². The lowest BCUT2D eigenvalue weighted by atomic mass is 10.0. The minimum atomic E-state index is 0.182. The molecule has 2 aromatic carbocycles. The average molecular weight is 295 g/mol. The van der Waals surface area contributed by atoms with E-state index in [4.69, 9.17) is 10.3 Å². The van der Waals surface area contributed by atoms with E-state index >= 15 is 0 Å². The van der Waals surface area contributed by atoms with Gasteiger partial charge < -0.3 is 10.3 Å². The number of nitrogen functional groups attached to an aromatic ring is 1. The summed E-state index contributed by atoms with van der Waals surface area (Å²) in [7, 11) is 0. The molecule has 1 aromatic heterocycles. The van der Waals surface area contributed by atoms with E-state index in [2.05, 4.69) is 34.4 Å². The Kier molecular flexibility index (Phi) is 2.93. The van der Waals surface area contributed by atoms with Gasteiger partial charge in [-0.05, 0) is 35.9 Å². The van der Waals surface area contributed by atoms with E-state index in [1.807, 2.05) is 36.0 Å². The lowest BCUT2D eigenvalue weighted by molar-refractivity contribution is 0.372. The molecule has 1 unspecified atom stereocenters. The number of benzene rings is 2. The number of rotatable bonds is 2. The highest BCUT2D eigenvalue weighted by Crippen LogP contribution is 2.42. The van der Waals surface area contributed by atoms with E-state index in [0.717, 1.165) is 17.0 Å². The van der Waals surface area contributed by atoms with E-state index in [-0.39, 0.29) is 5.92 Å². The average Bonchev–Trinajstić information content (AvgIpc) is 3.14. The number of hydrogen-bond donors (Lipinski definition) is 1. The molecule has 1 aliphatic heterocycles. The SMILES string of the molecule is Nc1ccc(-c2noc(C3CSc4ccccc43)n2)cc1. The first kappa shape index (κ1) is 12.5. The monoisotopic (exact) mass is 295 g/mol. The van der Waals surface area contributed by atoms with Gasteiger partial charge in [-0.1, -0.05) is 23.4 Å². The molecule has 0 radical (unpaired) electrons. The molecular weight excluding hydrogens is 282 g/mol. The van der Waals surface area contributed by atoms with Gasteiger partial charge in [0.15, 0.2) is 0 Å². The zero-order valence-electron chi connectivity index (χ0n) is 11.2. The second kappa shape index (κ2) is 4.93. The van der Waals surface area contributed by atoms with Crippen LogP contribution in [-0.2, 0) is 0 Å². The second-order valence-electron chi connectivity index (χ2n) is 4.98. The number of hydrogen-bond acceptors (Lipinski definition) is 5. The third kappa shape index (κ3) is 2.19. The minimum absolute atomic E-state index is 0.182. The highest BCUT2D eigenvalue weighted by Gasteiger charge is 2.29. The lowest BCUT2D eigenvalue weighted by Crippen LogP contribution is -1.99. The van der Waals surface area contributed by atoms with E-state index in [1.165, 1.54) is 10.5 Å². The van der Waals surface area contributed by atoms with Crippen molar-refractivity contribution in [3.8, 4) is 11.4 Å². The van der Waals surface area contributed by atoms with Crippen LogP contribution in [0.4, 0.5) is 5.69 Å². The first-order chi connectivity index (χ1) is 10.3. The van der Waals surface area contributed by atoms with Gasteiger partial charge in [-0.2, -0.15) is 4.98 Å². The quantitative estimate of drug-likeness (QED) is 0.732. The van der Waals surface area contributed by atoms with Crippen molar-refractivity contribution < 1.29 is 4.52 Å². The van der Waals surface area contributed by atoms with Crippen LogP contribution in [0.2, 0.25) is 0 Å². The fourth-order valence-electron chi connectivity index (χ4n) is 2.49. The van der Waals surface area contributed by atoms with Crippen molar-refractivity contribution in [1.29, 1.82) is 0 Å². The Morgan fingerprint density at radius 3 is 2.76 bits per heavy atom. The smallest absolute Gasteiger partial charge is 0.235 e.